The van der Waals surface area contributed by atoms with Crippen molar-refractivity contribution in [3.05, 3.63) is 83.8 Å². The third-order valence-electron chi connectivity index (χ3n) is 4.22. The van der Waals surface area contributed by atoms with Gasteiger partial charge in [-0.2, -0.15) is 9.97 Å². The summed E-state index contributed by atoms with van der Waals surface area (Å²) in [5.41, 5.74) is 1.96. The molecule has 0 atom stereocenters. The van der Waals surface area contributed by atoms with Crippen LogP contribution in [0.2, 0.25) is 0 Å². The molecule has 0 aliphatic heterocycles. The molecule has 8 heteroatoms. The summed E-state index contributed by atoms with van der Waals surface area (Å²) in [6, 6.07) is 19.4. The lowest BCUT2D eigenvalue weighted by molar-refractivity contribution is -0.121. The topological polar surface area (TPSA) is 107 Å². The number of hydrogen-bond acceptors (Lipinski definition) is 7. The summed E-state index contributed by atoms with van der Waals surface area (Å²) in [7, 11) is 0. The summed E-state index contributed by atoms with van der Waals surface area (Å²) in [6.45, 7) is 0.205. The molecule has 0 bridgehead atoms. The van der Waals surface area contributed by atoms with E-state index in [0.717, 1.165) is 11.1 Å². The Kier molecular flexibility index (Phi) is 5.70. The van der Waals surface area contributed by atoms with Crippen molar-refractivity contribution in [1.82, 2.24) is 25.6 Å². The molecule has 0 aliphatic rings. The Morgan fingerprint density at radius 1 is 0.862 bits per heavy atom. The number of aromatic nitrogens is 4. The number of hydrogen-bond donors (Lipinski definition) is 1. The first-order chi connectivity index (χ1) is 14.3. The third kappa shape index (κ3) is 5.13. The van der Waals surface area contributed by atoms with Gasteiger partial charge in [0.05, 0.1) is 13.0 Å². The van der Waals surface area contributed by atoms with Gasteiger partial charge in [0, 0.05) is 18.4 Å². The maximum atomic E-state index is 12.1. The number of rotatable bonds is 8. The van der Waals surface area contributed by atoms with Gasteiger partial charge in [-0.1, -0.05) is 71.0 Å². The van der Waals surface area contributed by atoms with Gasteiger partial charge < -0.3 is 14.4 Å². The van der Waals surface area contributed by atoms with Crippen molar-refractivity contribution in [2.45, 2.75) is 25.8 Å². The van der Waals surface area contributed by atoms with Crippen LogP contribution in [-0.2, 0) is 24.2 Å². The fourth-order valence-electron chi connectivity index (χ4n) is 2.75. The largest absolute Gasteiger partial charge is 0.349 e. The second-order valence-electron chi connectivity index (χ2n) is 6.42. The zero-order valence-electron chi connectivity index (χ0n) is 15.6. The van der Waals surface area contributed by atoms with Crippen LogP contribution >= 0.6 is 0 Å². The predicted octanol–water partition coefficient (Wildman–Crippen LogP) is 2.96. The molecule has 1 amide bonds. The molecule has 0 saturated carbocycles. The van der Waals surface area contributed by atoms with Crippen molar-refractivity contribution < 1.29 is 13.8 Å². The minimum absolute atomic E-state index is 0.154. The smallest absolute Gasteiger partial charge is 0.231 e. The number of benzene rings is 2. The van der Waals surface area contributed by atoms with E-state index in [9.17, 15) is 4.79 Å². The van der Waals surface area contributed by atoms with E-state index in [1.165, 1.54) is 0 Å². The number of carbonyl (C=O) groups excluding carboxylic acids is 1. The molecule has 1 N–H and O–H groups in total. The predicted molar refractivity (Wildman–Crippen MR) is 103 cm³/mol. The van der Waals surface area contributed by atoms with E-state index in [1.54, 1.807) is 0 Å². The summed E-state index contributed by atoms with van der Waals surface area (Å²) >= 11 is 0. The quantitative estimate of drug-likeness (QED) is 0.494. The Morgan fingerprint density at radius 2 is 1.59 bits per heavy atom. The number of amides is 1. The molecule has 0 aliphatic carbocycles. The Morgan fingerprint density at radius 3 is 2.38 bits per heavy atom. The van der Waals surface area contributed by atoms with Gasteiger partial charge in [-0.25, -0.2) is 0 Å². The van der Waals surface area contributed by atoms with E-state index in [2.05, 4.69) is 25.6 Å². The molecule has 2 aromatic heterocycles. The first-order valence-electron chi connectivity index (χ1n) is 9.26. The second kappa shape index (κ2) is 8.92. The van der Waals surface area contributed by atoms with Gasteiger partial charge >= 0.3 is 0 Å². The van der Waals surface area contributed by atoms with Crippen LogP contribution in [0.15, 0.2) is 69.7 Å². The van der Waals surface area contributed by atoms with E-state index in [4.69, 9.17) is 9.05 Å². The third-order valence-corrected chi connectivity index (χ3v) is 4.22. The van der Waals surface area contributed by atoms with E-state index in [1.807, 2.05) is 60.7 Å². The fraction of sp³-hybridized carbons (Fsp3) is 0.190. The highest BCUT2D eigenvalue weighted by Gasteiger charge is 2.12. The highest BCUT2D eigenvalue weighted by molar-refractivity contribution is 5.75. The van der Waals surface area contributed by atoms with Crippen LogP contribution in [0, 0.1) is 0 Å². The highest BCUT2D eigenvalue weighted by Crippen LogP contribution is 2.15. The number of aryl methyl sites for hydroxylation is 1. The minimum atomic E-state index is -0.154. The Balaban J connectivity index is 1.23. The van der Waals surface area contributed by atoms with Crippen molar-refractivity contribution in [3.63, 3.8) is 0 Å². The number of nitrogens with zero attached hydrogens (tertiary/aromatic N) is 4. The van der Waals surface area contributed by atoms with Gasteiger partial charge in [-0.05, 0) is 5.56 Å². The molecule has 2 heterocycles. The van der Waals surface area contributed by atoms with E-state index in [-0.39, 0.29) is 18.9 Å². The lowest BCUT2D eigenvalue weighted by Gasteiger charge is -2.00. The van der Waals surface area contributed by atoms with Crippen LogP contribution < -0.4 is 5.32 Å². The van der Waals surface area contributed by atoms with Crippen LogP contribution in [0.1, 0.15) is 29.6 Å². The van der Waals surface area contributed by atoms with E-state index in [0.29, 0.717) is 36.3 Å². The molecule has 4 aromatic rings. The highest BCUT2D eigenvalue weighted by atomic mass is 16.5. The lowest BCUT2D eigenvalue weighted by Crippen LogP contribution is -2.23. The Bertz CT molecular complexity index is 1060. The molecule has 4 rings (SSSR count). The maximum absolute atomic E-state index is 12.1. The monoisotopic (exact) mass is 389 g/mol. The molecule has 8 nitrogen and oxygen atoms in total. The summed E-state index contributed by atoms with van der Waals surface area (Å²) in [5, 5.41) is 10.6. The van der Waals surface area contributed by atoms with Gasteiger partial charge in [0.2, 0.25) is 23.5 Å². The molecule has 0 spiro atoms. The van der Waals surface area contributed by atoms with Gasteiger partial charge in [-0.3, -0.25) is 4.79 Å². The molecular formula is C21H19N5O3. The standard InChI is InChI=1S/C21H19N5O3/c27-18(11-12-19-24-21(26-28-19)16-9-5-2-6-10-16)22-14-17-23-20(29-25-17)13-15-7-3-1-4-8-15/h1-10H,11-14H2,(H,22,27). The average Bonchev–Trinajstić information content (AvgIpc) is 3.42. The van der Waals surface area contributed by atoms with Crippen LogP contribution in [0.4, 0.5) is 0 Å². The van der Waals surface area contributed by atoms with Gasteiger partial charge in [-0.15, -0.1) is 0 Å². The number of carbonyl (C=O) groups is 1. The maximum Gasteiger partial charge on any atom is 0.231 e. The molecule has 2 aromatic carbocycles. The summed E-state index contributed by atoms with van der Waals surface area (Å²) in [6.07, 6.45) is 1.14. The van der Waals surface area contributed by atoms with Crippen molar-refractivity contribution in [1.29, 1.82) is 0 Å². The average molecular weight is 389 g/mol. The zero-order chi connectivity index (χ0) is 19.9. The van der Waals surface area contributed by atoms with Crippen molar-refractivity contribution in [2.75, 3.05) is 0 Å². The molecule has 0 fully saturated rings. The van der Waals surface area contributed by atoms with E-state index < -0.39 is 0 Å². The number of nitrogens with one attached hydrogen (secondary N) is 1. The molecule has 0 unspecified atom stereocenters. The van der Waals surface area contributed by atoms with Crippen molar-refractivity contribution in [3.8, 4) is 11.4 Å². The first-order valence-corrected chi connectivity index (χ1v) is 9.26. The molecule has 0 radical (unpaired) electrons. The van der Waals surface area contributed by atoms with Crippen LogP contribution in [-0.4, -0.2) is 26.2 Å². The summed E-state index contributed by atoms with van der Waals surface area (Å²) < 4.78 is 10.4. The first kappa shape index (κ1) is 18.5. The molecule has 0 saturated heterocycles. The van der Waals surface area contributed by atoms with Crippen LogP contribution in [0.3, 0.4) is 0 Å². The fourth-order valence-corrected chi connectivity index (χ4v) is 2.75. The van der Waals surface area contributed by atoms with Gasteiger partial charge in [0.25, 0.3) is 0 Å². The molecular weight excluding hydrogens is 370 g/mol. The van der Waals surface area contributed by atoms with Crippen LogP contribution in [0.5, 0.6) is 0 Å². The summed E-state index contributed by atoms with van der Waals surface area (Å²) in [4.78, 5) is 20.7. The normalized spacial score (nSPS) is 10.8. The molecule has 29 heavy (non-hydrogen) atoms. The zero-order valence-corrected chi connectivity index (χ0v) is 15.6. The lowest BCUT2D eigenvalue weighted by atomic mass is 10.1. The van der Waals surface area contributed by atoms with Gasteiger partial charge in [0.15, 0.2) is 5.82 Å². The van der Waals surface area contributed by atoms with Crippen molar-refractivity contribution in [2.24, 2.45) is 0 Å². The van der Waals surface area contributed by atoms with E-state index >= 15 is 0 Å². The van der Waals surface area contributed by atoms with Crippen molar-refractivity contribution >= 4 is 5.91 Å². The molecule has 146 valence electrons. The Hall–Kier alpha value is -3.81. The minimum Gasteiger partial charge on any atom is -0.349 e. The summed E-state index contributed by atoms with van der Waals surface area (Å²) in [5.74, 6) is 1.73. The van der Waals surface area contributed by atoms with Crippen LogP contribution in [0.25, 0.3) is 11.4 Å². The SMILES string of the molecule is O=C(CCc1nc(-c2ccccc2)no1)NCc1noc(Cc2ccccc2)n1. The van der Waals surface area contributed by atoms with Gasteiger partial charge in [0.1, 0.15) is 0 Å². The Labute approximate surface area is 167 Å². The second-order valence-corrected chi connectivity index (χ2v) is 6.42.